The van der Waals surface area contributed by atoms with E-state index in [1.54, 1.807) is 77.0 Å². The maximum Gasteiger partial charge on any atom is 0.283 e. The van der Waals surface area contributed by atoms with Crippen LogP contribution in [0.25, 0.3) is 0 Å². The molecule has 0 saturated carbocycles. The van der Waals surface area contributed by atoms with Crippen molar-refractivity contribution in [2.24, 2.45) is 0 Å². The van der Waals surface area contributed by atoms with E-state index in [4.69, 9.17) is 28.4 Å². The molecule has 1 fully saturated rings. The zero-order valence-electron chi connectivity index (χ0n) is 30.6. The Bertz CT molecular complexity index is 1670. The van der Waals surface area contributed by atoms with Gasteiger partial charge in [-0.1, -0.05) is 84.9 Å². The predicted molar refractivity (Wildman–Crippen MR) is 199 cm³/mol. The van der Waals surface area contributed by atoms with E-state index in [1.165, 1.54) is 8.61 Å². The second-order valence-corrected chi connectivity index (χ2v) is 14.6. The summed E-state index contributed by atoms with van der Waals surface area (Å²) in [4.78, 5) is 0. The standard InChI is InChI=1S/C40H50N2O10S/c1-47-37(48-2)23-29-13-11-15-31(21-29)25-41-35(27-51-33-17-7-5-8-18-33)39(43)40(44)36(28-52-34-19-9-6-10-20-34)42(53(41,45)46)26-32-16-12-14-30(22-32)24-38(49-3)50-4/h5-22,35-40,43-44H,23-28H2,1-4H3/t35-,36?,39+,40?/m0/s1. The van der Waals surface area contributed by atoms with Gasteiger partial charge in [-0.3, -0.25) is 0 Å². The van der Waals surface area contributed by atoms with Gasteiger partial charge in [0.2, 0.25) is 0 Å². The van der Waals surface area contributed by atoms with Crippen LogP contribution in [0.1, 0.15) is 22.3 Å². The van der Waals surface area contributed by atoms with Crippen LogP contribution in [-0.4, -0.2) is 106 Å². The summed E-state index contributed by atoms with van der Waals surface area (Å²) in [6.07, 6.45) is -3.24. The molecule has 53 heavy (non-hydrogen) atoms. The van der Waals surface area contributed by atoms with Gasteiger partial charge in [-0.2, -0.15) is 17.0 Å². The van der Waals surface area contributed by atoms with Crippen molar-refractivity contribution < 1.29 is 47.1 Å². The number of aliphatic hydroxyl groups is 2. The Balaban J connectivity index is 1.57. The van der Waals surface area contributed by atoms with Crippen LogP contribution in [0.3, 0.4) is 0 Å². The van der Waals surface area contributed by atoms with E-state index in [0.717, 1.165) is 11.1 Å². The first-order valence-corrected chi connectivity index (χ1v) is 18.8. The number of nitrogens with zero attached hydrogens (tertiary/aromatic N) is 2. The molecule has 0 bridgehead atoms. The van der Waals surface area contributed by atoms with Crippen LogP contribution in [-0.2, 0) is 55.1 Å². The summed E-state index contributed by atoms with van der Waals surface area (Å²) in [6, 6.07) is 30.4. The van der Waals surface area contributed by atoms with E-state index < -0.39 is 47.1 Å². The second-order valence-electron chi connectivity index (χ2n) is 12.8. The molecule has 1 heterocycles. The van der Waals surface area contributed by atoms with Crippen molar-refractivity contribution in [1.29, 1.82) is 0 Å². The van der Waals surface area contributed by atoms with Crippen LogP contribution in [0.2, 0.25) is 0 Å². The number of ether oxygens (including phenoxy) is 6. The number of hydrogen-bond acceptors (Lipinski definition) is 10. The van der Waals surface area contributed by atoms with Gasteiger partial charge in [0.15, 0.2) is 12.6 Å². The third-order valence-corrected chi connectivity index (χ3v) is 11.3. The van der Waals surface area contributed by atoms with Crippen LogP contribution >= 0.6 is 0 Å². The van der Waals surface area contributed by atoms with Crippen molar-refractivity contribution in [3.05, 3.63) is 131 Å². The average Bonchev–Trinajstić information content (AvgIpc) is 3.23. The summed E-state index contributed by atoms with van der Waals surface area (Å²) >= 11 is 0. The third kappa shape index (κ3) is 10.6. The van der Waals surface area contributed by atoms with Crippen molar-refractivity contribution >= 4 is 10.2 Å². The highest BCUT2D eigenvalue weighted by Gasteiger charge is 2.51. The third-order valence-electron chi connectivity index (χ3n) is 9.31. The van der Waals surface area contributed by atoms with Gasteiger partial charge in [0.1, 0.15) is 36.9 Å². The smallest absolute Gasteiger partial charge is 0.283 e. The fraction of sp³-hybridized carbons (Fsp3) is 0.400. The molecule has 13 heteroatoms. The van der Waals surface area contributed by atoms with Gasteiger partial charge in [0.05, 0.1) is 12.1 Å². The van der Waals surface area contributed by atoms with Crippen LogP contribution in [0.5, 0.6) is 11.5 Å². The summed E-state index contributed by atoms with van der Waals surface area (Å²) in [6.45, 7) is -0.720. The molecule has 0 radical (unpaired) electrons. The molecule has 4 aromatic rings. The monoisotopic (exact) mass is 750 g/mol. The molecule has 286 valence electrons. The average molecular weight is 751 g/mol. The number of hydrogen-bond donors (Lipinski definition) is 2. The first-order valence-electron chi connectivity index (χ1n) is 17.4. The molecule has 0 aromatic heterocycles. The summed E-state index contributed by atoms with van der Waals surface area (Å²) in [5.41, 5.74) is 3.06. The zero-order valence-corrected chi connectivity index (χ0v) is 31.4. The normalized spacial score (nSPS) is 20.8. The molecule has 1 aliphatic heterocycles. The highest BCUT2D eigenvalue weighted by atomic mass is 32.2. The fourth-order valence-corrected chi connectivity index (χ4v) is 8.36. The Morgan fingerprint density at radius 2 is 0.906 bits per heavy atom. The number of benzene rings is 4. The van der Waals surface area contributed by atoms with Crippen LogP contribution < -0.4 is 9.47 Å². The van der Waals surface area contributed by atoms with E-state index in [0.29, 0.717) is 35.5 Å². The fourth-order valence-electron chi connectivity index (χ4n) is 6.41. The Labute approximate surface area is 312 Å². The van der Waals surface area contributed by atoms with Crippen LogP contribution in [0.4, 0.5) is 0 Å². The maximum absolute atomic E-state index is 15.2. The van der Waals surface area contributed by atoms with Gasteiger partial charge in [-0.25, -0.2) is 0 Å². The Morgan fingerprint density at radius 3 is 1.26 bits per heavy atom. The summed E-state index contributed by atoms with van der Waals surface area (Å²) in [5.74, 6) is 0.983. The van der Waals surface area contributed by atoms with E-state index in [1.807, 2.05) is 60.7 Å². The summed E-state index contributed by atoms with van der Waals surface area (Å²) in [7, 11) is 1.76. The van der Waals surface area contributed by atoms with Crippen molar-refractivity contribution in [3.63, 3.8) is 0 Å². The molecule has 0 spiro atoms. The lowest BCUT2D eigenvalue weighted by atomic mass is 9.98. The first-order chi connectivity index (χ1) is 25.7. The van der Waals surface area contributed by atoms with Crippen molar-refractivity contribution in [3.8, 4) is 11.5 Å². The largest absolute Gasteiger partial charge is 0.492 e. The van der Waals surface area contributed by atoms with E-state index >= 15 is 8.42 Å². The quantitative estimate of drug-likeness (QED) is 0.143. The van der Waals surface area contributed by atoms with Gasteiger partial charge in [0.25, 0.3) is 10.2 Å². The van der Waals surface area contributed by atoms with Gasteiger partial charge in [0, 0.05) is 54.4 Å². The Morgan fingerprint density at radius 1 is 0.547 bits per heavy atom. The lowest BCUT2D eigenvalue weighted by Gasteiger charge is -2.34. The molecule has 1 saturated heterocycles. The Kier molecular flexibility index (Phi) is 14.8. The van der Waals surface area contributed by atoms with Gasteiger partial charge < -0.3 is 38.6 Å². The van der Waals surface area contributed by atoms with Crippen molar-refractivity contribution in [2.75, 3.05) is 41.7 Å². The molecule has 4 aromatic carbocycles. The van der Waals surface area contributed by atoms with E-state index in [9.17, 15) is 10.2 Å². The highest BCUT2D eigenvalue weighted by Crippen LogP contribution is 2.32. The SMILES string of the molecule is COC(Cc1cccc(CN2C(COc3ccccc3)C(O)[C@H](O)[C@H](COc3ccccc3)N(Cc3cccc(CC(OC)OC)c3)S2(=O)=O)c1)OC. The first kappa shape index (κ1) is 40.3. The van der Waals surface area contributed by atoms with E-state index in [2.05, 4.69) is 0 Å². The number of para-hydroxylation sites is 2. The van der Waals surface area contributed by atoms with E-state index in [-0.39, 0.29) is 26.3 Å². The van der Waals surface area contributed by atoms with Crippen LogP contribution in [0, 0.1) is 0 Å². The number of rotatable bonds is 18. The van der Waals surface area contributed by atoms with Crippen molar-refractivity contribution in [2.45, 2.75) is 62.8 Å². The predicted octanol–water partition coefficient (Wildman–Crippen LogP) is 4.19. The molecular formula is C40H50N2O10S. The highest BCUT2D eigenvalue weighted by molar-refractivity contribution is 7.86. The molecule has 1 aliphatic rings. The van der Waals surface area contributed by atoms with Gasteiger partial charge in [-0.05, 0) is 46.5 Å². The molecule has 0 aliphatic carbocycles. The molecule has 4 atom stereocenters. The minimum absolute atomic E-state index is 0.125. The zero-order chi connectivity index (χ0) is 37.8. The van der Waals surface area contributed by atoms with Gasteiger partial charge in [-0.15, -0.1) is 0 Å². The topological polar surface area (TPSA) is 136 Å². The van der Waals surface area contributed by atoms with Crippen LogP contribution in [0.15, 0.2) is 109 Å². The molecule has 12 nitrogen and oxygen atoms in total. The molecular weight excluding hydrogens is 701 g/mol. The second kappa shape index (κ2) is 19.4. The van der Waals surface area contributed by atoms with Crippen molar-refractivity contribution in [1.82, 2.24) is 8.61 Å². The molecule has 2 N–H and O–H groups in total. The Hall–Kier alpha value is -3.89. The lowest BCUT2D eigenvalue weighted by Crippen LogP contribution is -2.52. The molecule has 0 amide bonds. The minimum Gasteiger partial charge on any atom is -0.492 e. The van der Waals surface area contributed by atoms with Gasteiger partial charge >= 0.3 is 0 Å². The maximum atomic E-state index is 15.2. The summed E-state index contributed by atoms with van der Waals surface area (Å²) in [5, 5.41) is 24.0. The minimum atomic E-state index is -4.47. The summed E-state index contributed by atoms with van der Waals surface area (Å²) < 4.78 is 66.7. The number of aliphatic hydroxyl groups excluding tert-OH is 2. The number of methoxy groups -OCH3 is 4. The lowest BCUT2D eigenvalue weighted by molar-refractivity contribution is -0.100. The molecule has 2 unspecified atom stereocenters. The molecule has 5 rings (SSSR count).